The Kier molecular flexibility index (Phi) is 4.13. The van der Waals surface area contributed by atoms with Crippen LogP contribution in [0.15, 0.2) is 36.4 Å². The summed E-state index contributed by atoms with van der Waals surface area (Å²) >= 11 is 0. The molecule has 0 amide bonds. The number of hydrogen-bond donors (Lipinski definition) is 1. The van der Waals surface area contributed by atoms with Crippen LogP contribution in [-0.4, -0.2) is 43.7 Å². The zero-order chi connectivity index (χ0) is 20.8. The molecule has 1 aromatic heterocycles. The van der Waals surface area contributed by atoms with Crippen LogP contribution >= 0.6 is 0 Å². The van der Waals surface area contributed by atoms with E-state index in [1.807, 2.05) is 30.3 Å². The average Bonchev–Trinajstić information content (AvgIpc) is 3.22. The number of carboxylic acid groups (broad SMARTS) is 1. The fourth-order valence-corrected chi connectivity index (χ4v) is 3.72. The molecule has 0 saturated carbocycles. The molecule has 8 nitrogen and oxygen atoms in total. The Morgan fingerprint density at radius 2 is 1.67 bits per heavy atom. The van der Waals surface area contributed by atoms with E-state index in [9.17, 15) is 4.79 Å². The largest absolute Gasteiger partial charge is 0.493 e. The minimum Gasteiger partial charge on any atom is -0.493 e. The molecule has 0 bridgehead atoms. The van der Waals surface area contributed by atoms with E-state index >= 15 is 0 Å². The zero-order valence-electron chi connectivity index (χ0n) is 16.2. The number of pyridine rings is 1. The van der Waals surface area contributed by atoms with Gasteiger partial charge in [0.15, 0.2) is 29.6 Å². The molecule has 1 aliphatic heterocycles. The topological polar surface area (TPSA) is 96.3 Å². The third-order valence-electron chi connectivity index (χ3n) is 5.07. The number of ether oxygens (including phenoxy) is 5. The Balaban J connectivity index is 1.87. The van der Waals surface area contributed by atoms with Gasteiger partial charge < -0.3 is 28.8 Å². The van der Waals surface area contributed by atoms with E-state index in [2.05, 4.69) is 4.98 Å². The predicted octanol–water partition coefficient (Wildman–Crippen LogP) is 3.75. The first-order valence-electron chi connectivity index (χ1n) is 9.15. The first-order valence-corrected chi connectivity index (χ1v) is 9.15. The van der Waals surface area contributed by atoms with Crippen molar-refractivity contribution in [3.63, 3.8) is 0 Å². The highest BCUT2D eigenvalue weighted by Crippen LogP contribution is 2.43. The molecule has 0 aliphatic carbocycles. The van der Waals surface area contributed by atoms with Crippen molar-refractivity contribution in [1.29, 1.82) is 0 Å². The Hall–Kier alpha value is -3.94. The van der Waals surface area contributed by atoms with Gasteiger partial charge in [-0.1, -0.05) is 12.1 Å². The average molecular weight is 407 g/mol. The summed E-state index contributed by atoms with van der Waals surface area (Å²) in [4.78, 5) is 15.8. The molecule has 30 heavy (non-hydrogen) atoms. The maximum Gasteiger partial charge on any atom is 0.341 e. The Bertz CT molecular complexity index is 1330. The monoisotopic (exact) mass is 407 g/mol. The fourth-order valence-electron chi connectivity index (χ4n) is 3.72. The van der Waals surface area contributed by atoms with Gasteiger partial charge in [0.1, 0.15) is 0 Å². The number of aliphatic carboxylic acids is 1. The minimum atomic E-state index is -1.09. The van der Waals surface area contributed by atoms with Gasteiger partial charge in [-0.15, -0.1) is 0 Å². The van der Waals surface area contributed by atoms with Gasteiger partial charge in [0.2, 0.25) is 12.7 Å². The summed E-state index contributed by atoms with van der Waals surface area (Å²) < 4.78 is 27.4. The summed E-state index contributed by atoms with van der Waals surface area (Å²) in [5, 5.41) is 13.1. The predicted molar refractivity (Wildman–Crippen MR) is 109 cm³/mol. The quantitative estimate of drug-likeness (QED) is 0.500. The molecule has 1 N–H and O–H groups in total. The van der Waals surface area contributed by atoms with Crippen LogP contribution in [0.5, 0.6) is 28.9 Å². The SMILES string of the molecule is COc1cc2c(OCC(=O)O)nc3c4cc5c(cc4ccc3c2cc1OC)OCO5. The van der Waals surface area contributed by atoms with Gasteiger partial charge in [-0.3, -0.25) is 0 Å². The Morgan fingerprint density at radius 1 is 0.967 bits per heavy atom. The lowest BCUT2D eigenvalue weighted by atomic mass is 10.0. The fraction of sp³-hybridized carbons (Fsp3) is 0.182. The van der Waals surface area contributed by atoms with E-state index in [0.29, 0.717) is 33.9 Å². The van der Waals surface area contributed by atoms with Gasteiger partial charge in [-0.05, 0) is 29.7 Å². The summed E-state index contributed by atoms with van der Waals surface area (Å²) in [6.45, 7) is -0.344. The smallest absolute Gasteiger partial charge is 0.341 e. The molecule has 0 radical (unpaired) electrons. The second-order valence-electron chi connectivity index (χ2n) is 6.74. The Labute approximate surface area is 170 Å². The number of carbonyl (C=O) groups is 1. The Morgan fingerprint density at radius 3 is 2.37 bits per heavy atom. The standard InChI is InChI=1S/C22H17NO7/c1-26-16-7-14-12-4-3-11-5-18-19(30-10-29-18)6-13(11)21(12)23-22(28-9-20(24)25)15(14)8-17(16)27-2/h3-8H,9-10H2,1-2H3,(H,24,25). The van der Waals surface area contributed by atoms with Crippen LogP contribution in [-0.2, 0) is 4.79 Å². The maximum atomic E-state index is 11.1. The molecule has 0 fully saturated rings. The molecule has 8 heteroatoms. The highest BCUT2D eigenvalue weighted by Gasteiger charge is 2.19. The van der Waals surface area contributed by atoms with Crippen LogP contribution in [0.2, 0.25) is 0 Å². The van der Waals surface area contributed by atoms with Crippen molar-refractivity contribution < 1.29 is 33.6 Å². The van der Waals surface area contributed by atoms with Gasteiger partial charge >= 0.3 is 5.97 Å². The van der Waals surface area contributed by atoms with E-state index in [0.717, 1.165) is 21.5 Å². The van der Waals surface area contributed by atoms with Gasteiger partial charge in [0, 0.05) is 21.5 Å². The highest BCUT2D eigenvalue weighted by molar-refractivity contribution is 6.17. The molecule has 0 atom stereocenters. The normalized spacial score (nSPS) is 12.5. The summed E-state index contributed by atoms with van der Waals surface area (Å²) in [5.74, 6) is 1.47. The van der Waals surface area contributed by atoms with E-state index in [1.54, 1.807) is 13.2 Å². The van der Waals surface area contributed by atoms with Gasteiger partial charge in [0.25, 0.3) is 0 Å². The molecule has 3 aromatic carbocycles. The molecular formula is C22H17NO7. The first kappa shape index (κ1) is 18.1. The van der Waals surface area contributed by atoms with Crippen molar-refractivity contribution in [2.75, 3.05) is 27.6 Å². The molecule has 0 spiro atoms. The lowest BCUT2D eigenvalue weighted by Crippen LogP contribution is -2.10. The van der Waals surface area contributed by atoms with E-state index in [4.69, 9.17) is 28.8 Å². The molecule has 0 saturated heterocycles. The molecular weight excluding hydrogens is 390 g/mol. The molecule has 5 rings (SSSR count). The third-order valence-corrected chi connectivity index (χ3v) is 5.07. The second kappa shape index (κ2) is 6.84. The second-order valence-corrected chi connectivity index (χ2v) is 6.74. The van der Waals surface area contributed by atoms with Gasteiger partial charge in [0.05, 0.1) is 19.7 Å². The zero-order valence-corrected chi connectivity index (χ0v) is 16.2. The van der Waals surface area contributed by atoms with Crippen molar-refractivity contribution in [3.05, 3.63) is 36.4 Å². The van der Waals surface area contributed by atoms with Crippen LogP contribution < -0.4 is 23.7 Å². The number of carboxylic acids is 1. The number of nitrogens with zero attached hydrogens (tertiary/aromatic N) is 1. The summed E-state index contributed by atoms with van der Waals surface area (Å²) in [6.07, 6.45) is 0. The number of benzene rings is 3. The molecule has 2 heterocycles. The lowest BCUT2D eigenvalue weighted by Gasteiger charge is -2.15. The summed E-state index contributed by atoms with van der Waals surface area (Å²) in [5.41, 5.74) is 0.658. The van der Waals surface area contributed by atoms with Crippen LogP contribution in [0.3, 0.4) is 0 Å². The van der Waals surface area contributed by atoms with E-state index in [1.165, 1.54) is 7.11 Å². The van der Waals surface area contributed by atoms with Crippen molar-refractivity contribution in [3.8, 4) is 28.9 Å². The van der Waals surface area contributed by atoms with E-state index in [-0.39, 0.29) is 12.7 Å². The number of fused-ring (bicyclic) bond motifs is 6. The molecule has 0 unspecified atom stereocenters. The lowest BCUT2D eigenvalue weighted by molar-refractivity contribution is -0.139. The number of aromatic nitrogens is 1. The van der Waals surface area contributed by atoms with Crippen molar-refractivity contribution in [2.24, 2.45) is 0 Å². The van der Waals surface area contributed by atoms with Crippen LogP contribution in [0.1, 0.15) is 0 Å². The molecule has 1 aliphatic rings. The summed E-state index contributed by atoms with van der Waals surface area (Å²) in [6, 6.07) is 11.3. The van der Waals surface area contributed by atoms with Crippen molar-refractivity contribution in [2.45, 2.75) is 0 Å². The van der Waals surface area contributed by atoms with E-state index < -0.39 is 12.6 Å². The van der Waals surface area contributed by atoms with Gasteiger partial charge in [-0.25, -0.2) is 9.78 Å². The van der Waals surface area contributed by atoms with Crippen LogP contribution in [0, 0.1) is 0 Å². The number of methoxy groups -OCH3 is 2. The van der Waals surface area contributed by atoms with Crippen molar-refractivity contribution in [1.82, 2.24) is 4.98 Å². The maximum absolute atomic E-state index is 11.1. The number of rotatable bonds is 5. The van der Waals surface area contributed by atoms with Crippen LogP contribution in [0.4, 0.5) is 0 Å². The summed E-state index contributed by atoms with van der Waals surface area (Å²) in [7, 11) is 3.09. The third kappa shape index (κ3) is 2.76. The van der Waals surface area contributed by atoms with Gasteiger partial charge in [-0.2, -0.15) is 0 Å². The van der Waals surface area contributed by atoms with Crippen molar-refractivity contribution >= 4 is 38.4 Å². The minimum absolute atomic E-state index is 0.171. The van der Waals surface area contributed by atoms with Crippen LogP contribution in [0.25, 0.3) is 32.4 Å². The number of hydrogen-bond acceptors (Lipinski definition) is 7. The first-order chi connectivity index (χ1) is 14.6. The molecule has 152 valence electrons. The molecule has 4 aromatic rings. The highest BCUT2D eigenvalue weighted by atomic mass is 16.7.